The Bertz CT molecular complexity index is 1320. The lowest BCUT2D eigenvalue weighted by Gasteiger charge is -2.09. The molecule has 142 valence electrons. The molecular weight excluding hydrogens is 382 g/mol. The van der Waals surface area contributed by atoms with E-state index < -0.39 is 5.63 Å². The molecule has 0 aliphatic carbocycles. The zero-order chi connectivity index (χ0) is 20.4. The van der Waals surface area contributed by atoms with E-state index in [0.29, 0.717) is 27.4 Å². The fourth-order valence-electron chi connectivity index (χ4n) is 3.09. The Hall–Kier alpha value is -3.69. The molecule has 0 fully saturated rings. The van der Waals surface area contributed by atoms with Gasteiger partial charge in [-0.15, -0.1) is 11.3 Å². The van der Waals surface area contributed by atoms with Gasteiger partial charge >= 0.3 is 5.63 Å². The van der Waals surface area contributed by atoms with Crippen molar-refractivity contribution in [3.63, 3.8) is 0 Å². The van der Waals surface area contributed by atoms with Crippen LogP contribution in [-0.2, 0) is 0 Å². The van der Waals surface area contributed by atoms with Crippen molar-refractivity contribution in [3.8, 4) is 17.3 Å². The molecular formula is C23H17N3O2S. The second-order valence-corrected chi connectivity index (χ2v) is 7.46. The van der Waals surface area contributed by atoms with Gasteiger partial charge in [-0.2, -0.15) is 5.26 Å². The van der Waals surface area contributed by atoms with Gasteiger partial charge in [-0.1, -0.05) is 36.4 Å². The van der Waals surface area contributed by atoms with Crippen LogP contribution in [0.5, 0.6) is 0 Å². The maximum Gasteiger partial charge on any atom is 0.345 e. The minimum Gasteiger partial charge on any atom is -0.422 e. The number of nitriles is 1. The quantitative estimate of drug-likeness (QED) is 0.362. The second kappa shape index (κ2) is 7.74. The van der Waals surface area contributed by atoms with Crippen LogP contribution in [0.1, 0.15) is 16.1 Å². The molecule has 2 aromatic carbocycles. The summed E-state index contributed by atoms with van der Waals surface area (Å²) in [5.41, 5.74) is 4.51. The molecule has 6 heteroatoms. The van der Waals surface area contributed by atoms with Crippen molar-refractivity contribution in [3.05, 3.63) is 86.7 Å². The first-order valence-corrected chi connectivity index (χ1v) is 9.87. The average molecular weight is 399 g/mol. The summed E-state index contributed by atoms with van der Waals surface area (Å²) in [5.74, 6) is 0. The number of aryl methyl sites for hydroxylation is 2. The number of anilines is 1. The Morgan fingerprint density at radius 3 is 2.69 bits per heavy atom. The molecule has 0 aliphatic heterocycles. The molecule has 0 saturated heterocycles. The van der Waals surface area contributed by atoms with E-state index in [1.54, 1.807) is 23.7 Å². The number of fused-ring (bicyclic) bond motifs is 1. The molecule has 0 aliphatic rings. The molecule has 1 N–H and O–H groups in total. The van der Waals surface area contributed by atoms with E-state index in [9.17, 15) is 10.1 Å². The number of rotatable bonds is 4. The Morgan fingerprint density at radius 1 is 1.17 bits per heavy atom. The minimum atomic E-state index is -0.448. The maximum atomic E-state index is 12.4. The van der Waals surface area contributed by atoms with Crippen molar-refractivity contribution < 1.29 is 4.42 Å². The van der Waals surface area contributed by atoms with Crippen LogP contribution < -0.4 is 10.9 Å². The molecule has 0 spiro atoms. The molecule has 0 amide bonds. The van der Waals surface area contributed by atoms with Gasteiger partial charge in [-0.3, -0.25) is 0 Å². The summed E-state index contributed by atoms with van der Waals surface area (Å²) in [5, 5.41) is 15.9. The molecule has 0 unspecified atom stereocenters. The predicted octanol–water partition coefficient (Wildman–Crippen LogP) is 5.51. The highest BCUT2D eigenvalue weighted by Crippen LogP contribution is 2.27. The third-order valence-corrected chi connectivity index (χ3v) is 5.49. The number of aromatic nitrogens is 1. The summed E-state index contributed by atoms with van der Waals surface area (Å²) >= 11 is 1.31. The SMILES string of the molecule is Cc1cccc(C)c1N/C=C(/C#N)c1nc(-c2cc3ccccc3oc2=O)cs1. The van der Waals surface area contributed by atoms with Crippen molar-refractivity contribution in [1.82, 2.24) is 4.98 Å². The molecule has 4 rings (SSSR count). The monoisotopic (exact) mass is 399 g/mol. The van der Waals surface area contributed by atoms with Crippen molar-refractivity contribution >= 4 is 33.6 Å². The van der Waals surface area contributed by atoms with Gasteiger partial charge in [0.2, 0.25) is 0 Å². The zero-order valence-corrected chi connectivity index (χ0v) is 16.7. The van der Waals surface area contributed by atoms with E-state index in [0.717, 1.165) is 22.2 Å². The number of hydrogen-bond donors (Lipinski definition) is 1. The van der Waals surface area contributed by atoms with E-state index in [2.05, 4.69) is 16.4 Å². The fourth-order valence-corrected chi connectivity index (χ4v) is 3.88. The summed E-state index contributed by atoms with van der Waals surface area (Å²) < 4.78 is 5.39. The number of hydrogen-bond acceptors (Lipinski definition) is 6. The summed E-state index contributed by atoms with van der Waals surface area (Å²) in [6, 6.07) is 17.3. The van der Waals surface area contributed by atoms with Crippen molar-refractivity contribution in [2.45, 2.75) is 13.8 Å². The molecule has 0 atom stereocenters. The lowest BCUT2D eigenvalue weighted by Crippen LogP contribution is -2.03. The van der Waals surface area contributed by atoms with Crippen LogP contribution in [0.3, 0.4) is 0 Å². The van der Waals surface area contributed by atoms with E-state index in [1.165, 1.54) is 11.3 Å². The van der Waals surface area contributed by atoms with Crippen molar-refractivity contribution in [2.24, 2.45) is 0 Å². The van der Waals surface area contributed by atoms with Gasteiger partial charge in [0.15, 0.2) is 0 Å². The fraction of sp³-hybridized carbons (Fsp3) is 0.0870. The van der Waals surface area contributed by atoms with Crippen LogP contribution in [0.2, 0.25) is 0 Å². The summed E-state index contributed by atoms with van der Waals surface area (Å²) in [4.78, 5) is 16.9. The van der Waals surface area contributed by atoms with E-state index in [1.807, 2.05) is 50.2 Å². The van der Waals surface area contributed by atoms with Crippen molar-refractivity contribution in [2.75, 3.05) is 5.32 Å². The van der Waals surface area contributed by atoms with Crippen LogP contribution in [-0.4, -0.2) is 4.98 Å². The number of nitrogens with zero attached hydrogens (tertiary/aromatic N) is 2. The van der Waals surface area contributed by atoms with E-state index >= 15 is 0 Å². The number of allylic oxidation sites excluding steroid dienone is 1. The summed E-state index contributed by atoms with van der Waals surface area (Å²) in [6.07, 6.45) is 1.65. The largest absolute Gasteiger partial charge is 0.422 e. The smallest absolute Gasteiger partial charge is 0.345 e. The Morgan fingerprint density at radius 2 is 1.93 bits per heavy atom. The molecule has 2 heterocycles. The first kappa shape index (κ1) is 18.7. The standard InChI is InChI=1S/C23H17N3O2S/c1-14-6-5-7-15(2)21(14)25-12-17(11-24)22-26-19(13-29-22)18-10-16-8-3-4-9-20(16)28-23(18)27/h3-10,12-13,25H,1-2H3/b17-12-. The molecule has 0 bridgehead atoms. The average Bonchev–Trinajstić information content (AvgIpc) is 3.19. The number of nitrogens with one attached hydrogen (secondary N) is 1. The van der Waals surface area contributed by atoms with Gasteiger partial charge in [0.25, 0.3) is 0 Å². The van der Waals surface area contributed by atoms with Crippen LogP contribution in [0, 0.1) is 25.2 Å². The lowest BCUT2D eigenvalue weighted by atomic mass is 10.1. The number of para-hydroxylation sites is 2. The molecule has 29 heavy (non-hydrogen) atoms. The van der Waals surface area contributed by atoms with Crippen LogP contribution in [0.15, 0.2) is 69.3 Å². The van der Waals surface area contributed by atoms with Gasteiger partial charge < -0.3 is 9.73 Å². The maximum absolute atomic E-state index is 12.4. The normalized spacial score (nSPS) is 11.4. The Balaban J connectivity index is 1.68. The van der Waals surface area contributed by atoms with Crippen LogP contribution in [0.25, 0.3) is 27.8 Å². The Labute approximate surface area is 171 Å². The van der Waals surface area contributed by atoms with E-state index in [4.69, 9.17) is 4.42 Å². The highest BCUT2D eigenvalue weighted by atomic mass is 32.1. The van der Waals surface area contributed by atoms with Gasteiger partial charge in [0.1, 0.15) is 22.2 Å². The molecule has 5 nitrogen and oxygen atoms in total. The van der Waals surface area contributed by atoms with E-state index in [-0.39, 0.29) is 0 Å². The minimum absolute atomic E-state index is 0.381. The van der Waals surface area contributed by atoms with Crippen LogP contribution in [0.4, 0.5) is 5.69 Å². The molecule has 0 radical (unpaired) electrons. The van der Waals surface area contributed by atoms with Crippen molar-refractivity contribution in [1.29, 1.82) is 5.26 Å². The first-order chi connectivity index (χ1) is 14.1. The highest BCUT2D eigenvalue weighted by Gasteiger charge is 2.14. The van der Waals surface area contributed by atoms with Gasteiger partial charge in [0.05, 0.1) is 11.3 Å². The highest BCUT2D eigenvalue weighted by molar-refractivity contribution is 7.11. The van der Waals surface area contributed by atoms with Gasteiger partial charge in [-0.25, -0.2) is 9.78 Å². The molecule has 4 aromatic rings. The second-order valence-electron chi connectivity index (χ2n) is 6.60. The number of benzene rings is 2. The molecule has 2 aromatic heterocycles. The van der Waals surface area contributed by atoms with Gasteiger partial charge in [-0.05, 0) is 37.1 Å². The first-order valence-electron chi connectivity index (χ1n) is 8.99. The predicted molar refractivity (Wildman–Crippen MR) is 117 cm³/mol. The van der Waals surface area contributed by atoms with Gasteiger partial charge in [0, 0.05) is 22.7 Å². The summed E-state index contributed by atoms with van der Waals surface area (Å²) in [6.45, 7) is 4.02. The zero-order valence-electron chi connectivity index (χ0n) is 15.9. The molecule has 0 saturated carbocycles. The number of thiazole rings is 1. The third-order valence-electron chi connectivity index (χ3n) is 4.61. The van der Waals surface area contributed by atoms with Crippen LogP contribution >= 0.6 is 11.3 Å². The Kier molecular flexibility index (Phi) is 4.98. The lowest BCUT2D eigenvalue weighted by molar-refractivity contribution is 0.563. The summed E-state index contributed by atoms with van der Waals surface area (Å²) in [7, 11) is 0. The third kappa shape index (κ3) is 3.68. The topological polar surface area (TPSA) is 78.9 Å².